The smallest absolute Gasteiger partial charge is 0.253 e. The van der Waals surface area contributed by atoms with Gasteiger partial charge < -0.3 is 0 Å². The highest BCUT2D eigenvalue weighted by atomic mass is 35.5. The first-order valence-electron chi connectivity index (χ1n) is 3.49. The van der Waals surface area contributed by atoms with E-state index in [9.17, 15) is 12.8 Å². The van der Waals surface area contributed by atoms with E-state index in [2.05, 4.69) is 9.32 Å². The molecule has 0 spiro atoms. The van der Waals surface area contributed by atoms with Crippen molar-refractivity contribution in [2.75, 3.05) is 0 Å². The van der Waals surface area contributed by atoms with Gasteiger partial charge in [0.25, 0.3) is 0 Å². The molecule has 0 aliphatic heterocycles. The maximum absolute atomic E-state index is 12.7. The molecule has 14 heavy (non-hydrogen) atoms. The minimum absolute atomic E-state index is 0.0967. The molecule has 0 unspecified atom stereocenters. The maximum atomic E-state index is 12.7. The lowest BCUT2D eigenvalue weighted by Gasteiger charge is -2.02. The molecule has 0 aromatic heterocycles. The fourth-order valence-electron chi connectivity index (χ4n) is 0.780. The largest absolute Gasteiger partial charge is 0.333 e. The molecule has 1 rings (SSSR count). The van der Waals surface area contributed by atoms with Crippen molar-refractivity contribution in [1.82, 2.24) is 0 Å². The third kappa shape index (κ3) is 3.59. The highest BCUT2D eigenvalue weighted by Gasteiger charge is 2.05. The molecule has 78 valence electrons. The van der Waals surface area contributed by atoms with Crippen LogP contribution in [0.1, 0.15) is 5.56 Å². The molecule has 1 aromatic rings. The summed E-state index contributed by atoms with van der Waals surface area (Å²) < 4.78 is 37.7. The van der Waals surface area contributed by atoms with E-state index < -0.39 is 16.1 Å². The molecule has 0 atom stereocenters. The van der Waals surface area contributed by atoms with Crippen LogP contribution >= 0.6 is 11.6 Å². The summed E-state index contributed by atoms with van der Waals surface area (Å²) in [7, 11) is -3.98. The molecule has 2 N–H and O–H groups in total. The summed E-state index contributed by atoms with van der Waals surface area (Å²) in [5.74, 6) is -0.578. The molecular weight excluding hydrogens is 233 g/mol. The van der Waals surface area contributed by atoms with Gasteiger partial charge in [0, 0.05) is 0 Å². The standard InChI is InChI=1S/C7H7ClFNO3S/c8-6-3-5(1-2-7(6)9)4-13-14(10,11)12/h1-3H,4H2,(H2,10,11,12). The van der Waals surface area contributed by atoms with Crippen LogP contribution < -0.4 is 5.14 Å². The topological polar surface area (TPSA) is 69.4 Å². The van der Waals surface area contributed by atoms with Crippen molar-refractivity contribution < 1.29 is 17.0 Å². The van der Waals surface area contributed by atoms with Crippen molar-refractivity contribution >= 4 is 21.9 Å². The van der Waals surface area contributed by atoms with Crippen LogP contribution in [0.3, 0.4) is 0 Å². The van der Waals surface area contributed by atoms with Crippen molar-refractivity contribution in [3.05, 3.63) is 34.6 Å². The van der Waals surface area contributed by atoms with Crippen LogP contribution in [-0.2, 0) is 21.1 Å². The number of hydrogen-bond donors (Lipinski definition) is 1. The van der Waals surface area contributed by atoms with Crippen molar-refractivity contribution in [3.8, 4) is 0 Å². The predicted octanol–water partition coefficient (Wildman–Crippen LogP) is 1.20. The molecule has 0 radical (unpaired) electrons. The number of rotatable bonds is 3. The van der Waals surface area contributed by atoms with Gasteiger partial charge in [-0.15, -0.1) is 0 Å². The van der Waals surface area contributed by atoms with Crippen molar-refractivity contribution in [2.24, 2.45) is 5.14 Å². The fourth-order valence-corrected chi connectivity index (χ4v) is 1.28. The van der Waals surface area contributed by atoms with E-state index in [0.29, 0.717) is 5.56 Å². The van der Waals surface area contributed by atoms with E-state index in [1.165, 1.54) is 12.1 Å². The van der Waals surface area contributed by atoms with Gasteiger partial charge in [0.15, 0.2) is 0 Å². The van der Waals surface area contributed by atoms with Gasteiger partial charge in [-0.1, -0.05) is 17.7 Å². The lowest BCUT2D eigenvalue weighted by atomic mass is 10.2. The third-order valence-electron chi connectivity index (χ3n) is 1.37. The van der Waals surface area contributed by atoms with E-state index in [0.717, 1.165) is 6.07 Å². The third-order valence-corrected chi connectivity index (χ3v) is 2.11. The van der Waals surface area contributed by atoms with Crippen molar-refractivity contribution in [2.45, 2.75) is 6.61 Å². The normalized spacial score (nSPS) is 11.6. The number of halogens is 2. The van der Waals surface area contributed by atoms with Gasteiger partial charge in [-0.25, -0.2) is 9.53 Å². The Bertz CT molecular complexity index is 435. The first-order valence-corrected chi connectivity index (χ1v) is 5.34. The number of benzene rings is 1. The summed E-state index contributed by atoms with van der Waals surface area (Å²) >= 11 is 5.45. The van der Waals surface area contributed by atoms with Crippen LogP contribution in [0.4, 0.5) is 4.39 Å². The van der Waals surface area contributed by atoms with E-state index in [-0.39, 0.29) is 11.6 Å². The van der Waals surface area contributed by atoms with Gasteiger partial charge in [-0.2, -0.15) is 8.42 Å². The van der Waals surface area contributed by atoms with Crippen LogP contribution in [0.25, 0.3) is 0 Å². The minimum atomic E-state index is -3.98. The molecule has 4 nitrogen and oxygen atoms in total. The summed E-state index contributed by atoms with van der Waals surface area (Å²) in [6.45, 7) is -0.265. The van der Waals surface area contributed by atoms with E-state index >= 15 is 0 Å². The molecule has 0 aliphatic carbocycles. The molecule has 0 fully saturated rings. The van der Waals surface area contributed by atoms with Crippen molar-refractivity contribution in [1.29, 1.82) is 0 Å². The Morgan fingerprint density at radius 3 is 2.64 bits per heavy atom. The summed E-state index contributed by atoms with van der Waals surface area (Å²) in [6.07, 6.45) is 0. The minimum Gasteiger partial charge on any atom is -0.253 e. The Morgan fingerprint density at radius 1 is 1.50 bits per heavy atom. The quantitative estimate of drug-likeness (QED) is 0.862. The van der Waals surface area contributed by atoms with Crippen LogP contribution in [0.5, 0.6) is 0 Å². The van der Waals surface area contributed by atoms with E-state index in [4.69, 9.17) is 11.6 Å². The molecular formula is C7H7ClFNO3S. The lowest BCUT2D eigenvalue weighted by Crippen LogP contribution is -2.15. The first kappa shape index (κ1) is 11.4. The van der Waals surface area contributed by atoms with E-state index in [1.54, 1.807) is 0 Å². The maximum Gasteiger partial charge on any atom is 0.333 e. The highest BCUT2D eigenvalue weighted by Crippen LogP contribution is 2.16. The lowest BCUT2D eigenvalue weighted by molar-refractivity contribution is 0.308. The first-order chi connectivity index (χ1) is 6.38. The van der Waals surface area contributed by atoms with E-state index in [1.807, 2.05) is 0 Å². The summed E-state index contributed by atoms with van der Waals surface area (Å²) in [5.41, 5.74) is 0.422. The Morgan fingerprint density at radius 2 is 2.14 bits per heavy atom. The molecule has 1 aromatic carbocycles. The molecule has 0 saturated heterocycles. The van der Waals surface area contributed by atoms with Gasteiger partial charge in [0.1, 0.15) is 5.82 Å². The van der Waals surface area contributed by atoms with Gasteiger partial charge in [0.2, 0.25) is 0 Å². The average molecular weight is 240 g/mol. The second kappa shape index (κ2) is 4.22. The number of hydrogen-bond acceptors (Lipinski definition) is 3. The zero-order valence-corrected chi connectivity index (χ0v) is 8.48. The highest BCUT2D eigenvalue weighted by molar-refractivity contribution is 7.84. The predicted molar refractivity (Wildman–Crippen MR) is 49.3 cm³/mol. The molecule has 7 heteroatoms. The molecule has 0 bridgehead atoms. The SMILES string of the molecule is NS(=O)(=O)OCc1ccc(F)c(Cl)c1. The second-order valence-electron chi connectivity index (χ2n) is 2.50. The zero-order chi connectivity index (χ0) is 10.8. The van der Waals surface area contributed by atoms with Gasteiger partial charge in [-0.05, 0) is 17.7 Å². The summed E-state index contributed by atoms with van der Waals surface area (Å²) in [5, 5.41) is 4.50. The Kier molecular flexibility index (Phi) is 3.43. The van der Waals surface area contributed by atoms with Gasteiger partial charge >= 0.3 is 10.3 Å². The fraction of sp³-hybridized carbons (Fsp3) is 0.143. The Balaban J connectivity index is 2.74. The van der Waals surface area contributed by atoms with Crippen LogP contribution in [0.2, 0.25) is 5.02 Å². The second-order valence-corrected chi connectivity index (χ2v) is 4.13. The molecule has 0 amide bonds. The zero-order valence-electron chi connectivity index (χ0n) is 6.91. The Hall–Kier alpha value is -0.690. The molecule has 0 heterocycles. The number of nitrogens with two attached hydrogens (primary N) is 1. The van der Waals surface area contributed by atoms with Gasteiger partial charge in [-0.3, -0.25) is 4.18 Å². The average Bonchev–Trinajstić information content (AvgIpc) is 2.06. The monoisotopic (exact) mass is 239 g/mol. The summed E-state index contributed by atoms with van der Waals surface area (Å²) in [4.78, 5) is 0. The van der Waals surface area contributed by atoms with Crippen molar-refractivity contribution in [3.63, 3.8) is 0 Å². The van der Waals surface area contributed by atoms with Gasteiger partial charge in [0.05, 0.1) is 11.6 Å². The Labute approximate surface area is 85.7 Å². The molecule has 0 aliphatic rings. The van der Waals surface area contributed by atoms with Crippen LogP contribution in [0, 0.1) is 5.82 Å². The van der Waals surface area contributed by atoms with Crippen LogP contribution in [0.15, 0.2) is 18.2 Å². The molecule has 0 saturated carbocycles. The summed E-state index contributed by atoms with van der Waals surface area (Å²) in [6, 6.07) is 3.73. The van der Waals surface area contributed by atoms with Crippen LogP contribution in [-0.4, -0.2) is 8.42 Å².